The second-order valence-corrected chi connectivity index (χ2v) is 11.0. The number of benzene rings is 2. The van der Waals surface area contributed by atoms with Gasteiger partial charge in [0.1, 0.15) is 17.7 Å². The number of hydrogen-bond acceptors (Lipinski definition) is 5. The van der Waals surface area contributed by atoms with Gasteiger partial charge in [0, 0.05) is 24.7 Å². The second kappa shape index (κ2) is 11.8. The Labute approximate surface area is 243 Å². The zero-order valence-corrected chi connectivity index (χ0v) is 24.0. The van der Waals surface area contributed by atoms with Crippen LogP contribution in [0.2, 0.25) is 0 Å². The van der Waals surface area contributed by atoms with E-state index >= 15 is 0 Å². The van der Waals surface area contributed by atoms with Crippen LogP contribution in [0.5, 0.6) is 5.75 Å². The van der Waals surface area contributed by atoms with E-state index in [0.717, 1.165) is 4.90 Å². The number of nitrogens with one attached hydrogen (secondary N) is 1. The first-order valence-electron chi connectivity index (χ1n) is 13.5. The predicted molar refractivity (Wildman–Crippen MR) is 143 cm³/mol. The number of nitrogens with zero attached hydrogens (tertiary/aromatic N) is 1. The molecule has 1 unspecified atom stereocenters. The van der Waals surface area contributed by atoms with Crippen molar-refractivity contribution in [1.29, 1.82) is 0 Å². The third kappa shape index (κ3) is 6.51. The highest BCUT2D eigenvalue weighted by molar-refractivity contribution is 5.90. The Balaban J connectivity index is 1.80. The Morgan fingerprint density at radius 3 is 2.19 bits per heavy atom. The molecule has 234 valence electrons. The summed E-state index contributed by atoms with van der Waals surface area (Å²) in [5, 5.41) is 3.10. The van der Waals surface area contributed by atoms with Crippen LogP contribution in [0.4, 0.5) is 35.5 Å². The van der Waals surface area contributed by atoms with Crippen molar-refractivity contribution in [3.63, 3.8) is 0 Å². The number of rotatable bonds is 7. The molecule has 0 saturated carbocycles. The van der Waals surface area contributed by atoms with E-state index in [4.69, 9.17) is 9.47 Å². The van der Waals surface area contributed by atoms with Crippen LogP contribution in [0.1, 0.15) is 74.0 Å². The minimum atomic E-state index is -5.08. The van der Waals surface area contributed by atoms with Crippen LogP contribution in [0.25, 0.3) is 5.57 Å². The van der Waals surface area contributed by atoms with Gasteiger partial charge in [0.25, 0.3) is 0 Å². The van der Waals surface area contributed by atoms with E-state index in [2.05, 4.69) is 5.32 Å². The lowest BCUT2D eigenvalue weighted by molar-refractivity contribution is -0.143. The summed E-state index contributed by atoms with van der Waals surface area (Å²) in [6, 6.07) is 2.07. The molecule has 1 N–H and O–H groups in total. The van der Waals surface area contributed by atoms with Gasteiger partial charge in [0.05, 0.1) is 30.3 Å². The molecule has 6 nitrogen and oxygen atoms in total. The normalized spacial score (nSPS) is 21.5. The summed E-state index contributed by atoms with van der Waals surface area (Å²) in [6.07, 6.45) is -12.2. The van der Waals surface area contributed by atoms with Crippen LogP contribution in [-0.2, 0) is 21.9 Å². The fraction of sp³-hybridized carbons (Fsp3) is 0.467. The molecule has 3 atom stereocenters. The standard InChI is InChI=1S/C30H31F7N2O4/c1-14(2)21-11-22(25(42-5)12-24(21)31)20-6-7-38-26(16(4)40)23(20)13-39-15(3)27(43-28(39)41)17-8-18(29(32,33)34)10-19(9-17)30(35,36)37/h8-12,14-15,26-27,38H,6-7,13H2,1-5H3/t15-,26?,27-/m0/s1. The average molecular weight is 617 g/mol. The lowest BCUT2D eigenvalue weighted by atomic mass is 9.85. The van der Waals surface area contributed by atoms with Gasteiger partial charge < -0.3 is 14.8 Å². The highest BCUT2D eigenvalue weighted by Crippen LogP contribution is 2.42. The second-order valence-electron chi connectivity index (χ2n) is 11.0. The molecule has 0 spiro atoms. The first kappa shape index (κ1) is 32.3. The van der Waals surface area contributed by atoms with Gasteiger partial charge in [-0.3, -0.25) is 9.69 Å². The van der Waals surface area contributed by atoms with Crippen molar-refractivity contribution in [1.82, 2.24) is 10.2 Å². The fourth-order valence-electron chi connectivity index (χ4n) is 5.59. The molecule has 2 aliphatic heterocycles. The van der Waals surface area contributed by atoms with Crippen LogP contribution in [0, 0.1) is 5.82 Å². The van der Waals surface area contributed by atoms with Gasteiger partial charge in [-0.2, -0.15) is 26.3 Å². The molecule has 43 heavy (non-hydrogen) atoms. The number of amides is 1. The van der Waals surface area contributed by atoms with Crippen molar-refractivity contribution in [3.05, 3.63) is 69.5 Å². The minimum absolute atomic E-state index is 0.00640. The number of methoxy groups -OCH3 is 1. The molecule has 2 aliphatic rings. The maximum Gasteiger partial charge on any atom is 0.416 e. The summed E-state index contributed by atoms with van der Waals surface area (Å²) in [6.45, 7) is 6.55. The first-order chi connectivity index (χ1) is 19.9. The molecule has 2 heterocycles. The van der Waals surface area contributed by atoms with Crippen molar-refractivity contribution in [2.75, 3.05) is 20.2 Å². The molecule has 1 amide bonds. The molecule has 0 radical (unpaired) electrons. The molecule has 0 aromatic heterocycles. The van der Waals surface area contributed by atoms with Crippen molar-refractivity contribution in [2.45, 2.75) is 70.6 Å². The summed E-state index contributed by atoms with van der Waals surface area (Å²) in [7, 11) is 1.37. The summed E-state index contributed by atoms with van der Waals surface area (Å²) >= 11 is 0. The summed E-state index contributed by atoms with van der Waals surface area (Å²) in [4.78, 5) is 27.0. The average Bonchev–Trinajstić information content (AvgIpc) is 3.20. The number of cyclic esters (lactones) is 1. The van der Waals surface area contributed by atoms with Gasteiger partial charge in [-0.15, -0.1) is 0 Å². The maximum absolute atomic E-state index is 14.8. The third-order valence-electron chi connectivity index (χ3n) is 7.80. The van der Waals surface area contributed by atoms with E-state index in [1.54, 1.807) is 6.07 Å². The van der Waals surface area contributed by atoms with Crippen LogP contribution < -0.4 is 10.1 Å². The lowest BCUT2D eigenvalue weighted by Gasteiger charge is -2.33. The van der Waals surface area contributed by atoms with Crippen LogP contribution >= 0.6 is 0 Å². The van der Waals surface area contributed by atoms with Gasteiger partial charge >= 0.3 is 18.4 Å². The number of carbonyl (C=O) groups excluding carboxylic acids is 2. The zero-order valence-electron chi connectivity index (χ0n) is 24.0. The largest absolute Gasteiger partial charge is 0.496 e. The van der Waals surface area contributed by atoms with Gasteiger partial charge in [-0.25, -0.2) is 9.18 Å². The van der Waals surface area contributed by atoms with Crippen molar-refractivity contribution < 1.29 is 49.8 Å². The Bertz CT molecular complexity index is 1420. The van der Waals surface area contributed by atoms with Gasteiger partial charge in [0.15, 0.2) is 5.78 Å². The molecule has 1 fully saturated rings. The van der Waals surface area contributed by atoms with E-state index < -0.39 is 59.1 Å². The number of hydrogen-bond donors (Lipinski definition) is 1. The van der Waals surface area contributed by atoms with E-state index in [9.17, 15) is 40.3 Å². The SMILES string of the molecule is COc1cc(F)c(C(C)C)cc1C1=C(CN2C(=O)O[C@H](c3cc(C(F)(F)F)cc(C(F)(F)F)c3)[C@@H]2C)C(C(C)=O)NCC1. The number of halogens is 7. The predicted octanol–water partition coefficient (Wildman–Crippen LogP) is 7.28. The maximum atomic E-state index is 14.8. The molecule has 1 saturated heterocycles. The molecule has 2 aromatic carbocycles. The summed E-state index contributed by atoms with van der Waals surface area (Å²) in [5.74, 6) is -0.755. The van der Waals surface area contributed by atoms with Crippen molar-refractivity contribution in [3.8, 4) is 5.75 Å². The summed E-state index contributed by atoms with van der Waals surface area (Å²) in [5.41, 5.74) is -1.56. The third-order valence-corrected chi connectivity index (χ3v) is 7.80. The van der Waals surface area contributed by atoms with Gasteiger partial charge in [-0.1, -0.05) is 13.8 Å². The number of Topliss-reactive ketones (excluding diaryl/α,β-unsaturated/α-hetero) is 1. The van der Waals surface area contributed by atoms with E-state index in [1.807, 2.05) is 13.8 Å². The Morgan fingerprint density at radius 2 is 1.67 bits per heavy atom. The highest BCUT2D eigenvalue weighted by atomic mass is 19.4. The van der Waals surface area contributed by atoms with Crippen LogP contribution in [-0.4, -0.2) is 49.1 Å². The molecule has 2 aromatic rings. The van der Waals surface area contributed by atoms with Gasteiger partial charge in [-0.05, 0) is 72.7 Å². The Morgan fingerprint density at radius 1 is 1.07 bits per heavy atom. The first-order valence-corrected chi connectivity index (χ1v) is 13.5. The fourth-order valence-corrected chi connectivity index (χ4v) is 5.59. The van der Waals surface area contributed by atoms with E-state index in [0.29, 0.717) is 47.4 Å². The number of carbonyl (C=O) groups is 2. The smallest absolute Gasteiger partial charge is 0.416 e. The summed E-state index contributed by atoms with van der Waals surface area (Å²) < 4.78 is 107. The molecule has 4 rings (SSSR count). The molecule has 0 bridgehead atoms. The molecular weight excluding hydrogens is 585 g/mol. The van der Waals surface area contributed by atoms with Crippen molar-refractivity contribution in [2.24, 2.45) is 0 Å². The van der Waals surface area contributed by atoms with Crippen LogP contribution in [0.3, 0.4) is 0 Å². The Hall–Kier alpha value is -3.61. The number of ether oxygens (including phenoxy) is 2. The molecular formula is C30H31F7N2O4. The number of ketones is 1. The van der Waals surface area contributed by atoms with Crippen LogP contribution in [0.15, 0.2) is 35.9 Å². The lowest BCUT2D eigenvalue weighted by Crippen LogP contribution is -2.46. The van der Waals surface area contributed by atoms with E-state index in [1.165, 1.54) is 27.0 Å². The zero-order chi connectivity index (χ0) is 32.0. The topological polar surface area (TPSA) is 67.9 Å². The molecule has 13 heteroatoms. The Kier molecular flexibility index (Phi) is 8.88. The van der Waals surface area contributed by atoms with E-state index in [-0.39, 0.29) is 30.1 Å². The quantitative estimate of drug-likeness (QED) is 0.331. The van der Waals surface area contributed by atoms with Crippen molar-refractivity contribution >= 4 is 17.4 Å². The highest BCUT2D eigenvalue weighted by Gasteiger charge is 2.44. The molecule has 0 aliphatic carbocycles. The minimum Gasteiger partial charge on any atom is -0.496 e. The van der Waals surface area contributed by atoms with Gasteiger partial charge in [0.2, 0.25) is 0 Å². The number of alkyl halides is 6. The monoisotopic (exact) mass is 616 g/mol.